The molecular formula is C15H32OW-4. The van der Waals surface area contributed by atoms with Crippen molar-refractivity contribution in [1.29, 1.82) is 0 Å². The van der Waals surface area contributed by atoms with Crippen LogP contribution in [0, 0.1) is 45.1 Å². The van der Waals surface area contributed by atoms with Crippen molar-refractivity contribution in [2.75, 3.05) is 0 Å². The van der Waals surface area contributed by atoms with Gasteiger partial charge in [0.2, 0.25) is 0 Å². The molecule has 1 saturated heterocycles. The van der Waals surface area contributed by atoms with Crippen LogP contribution in [0.5, 0.6) is 0 Å². The molecule has 0 aromatic carbocycles. The van der Waals surface area contributed by atoms with Gasteiger partial charge in [-0.05, 0) is 17.8 Å². The van der Waals surface area contributed by atoms with Crippen LogP contribution < -0.4 is 0 Å². The molecule has 17 heavy (non-hydrogen) atoms. The second-order valence-electron chi connectivity index (χ2n) is 5.96. The van der Waals surface area contributed by atoms with E-state index >= 15 is 0 Å². The van der Waals surface area contributed by atoms with Crippen molar-refractivity contribution in [3.8, 4) is 0 Å². The Morgan fingerprint density at radius 1 is 0.882 bits per heavy atom. The van der Waals surface area contributed by atoms with Crippen molar-refractivity contribution in [1.82, 2.24) is 0 Å². The summed E-state index contributed by atoms with van der Waals surface area (Å²) in [5, 5.41) is 0. The van der Waals surface area contributed by atoms with Crippen LogP contribution >= 0.6 is 0 Å². The average Bonchev–Trinajstić information content (AvgIpc) is 1.97. The number of hydrogen-bond acceptors (Lipinski definition) is 1. The Labute approximate surface area is 125 Å². The van der Waals surface area contributed by atoms with E-state index in [1.807, 2.05) is 6.61 Å². The molecule has 108 valence electrons. The first-order valence-electron chi connectivity index (χ1n) is 5.13. The van der Waals surface area contributed by atoms with E-state index in [9.17, 15) is 0 Å². The van der Waals surface area contributed by atoms with Gasteiger partial charge in [0.15, 0.2) is 0 Å². The minimum absolute atomic E-state index is 0. The van der Waals surface area contributed by atoms with E-state index in [2.05, 4.69) is 48.5 Å². The van der Waals surface area contributed by atoms with Crippen LogP contribution in [-0.2, 0) is 25.8 Å². The molecule has 0 aliphatic carbocycles. The van der Waals surface area contributed by atoms with Gasteiger partial charge in [-0.2, -0.15) is 0 Å². The summed E-state index contributed by atoms with van der Waals surface area (Å²) in [6, 6.07) is 0. The van der Waals surface area contributed by atoms with Crippen LogP contribution in [-0.4, -0.2) is 6.10 Å². The Bertz CT molecular complexity index is 207. The molecule has 1 nitrogen and oxygen atoms in total. The smallest absolute Gasteiger partial charge is 0.0258 e. The van der Waals surface area contributed by atoms with E-state index in [1.165, 1.54) is 0 Å². The van der Waals surface area contributed by atoms with Gasteiger partial charge in [0.05, 0.1) is 0 Å². The van der Waals surface area contributed by atoms with E-state index < -0.39 is 0 Å². The maximum atomic E-state index is 5.72. The predicted octanol–water partition coefficient (Wildman–Crippen LogP) is 4.99. The van der Waals surface area contributed by atoms with E-state index in [4.69, 9.17) is 4.74 Å². The van der Waals surface area contributed by atoms with Gasteiger partial charge in [-0.15, -0.1) is 5.41 Å². The molecule has 1 aliphatic rings. The molecule has 0 spiro atoms. The van der Waals surface area contributed by atoms with Crippen LogP contribution in [0.3, 0.4) is 0 Å². The van der Waals surface area contributed by atoms with Crippen molar-refractivity contribution in [2.45, 2.75) is 54.6 Å². The zero-order valence-electron chi connectivity index (χ0n) is 13.5. The summed E-state index contributed by atoms with van der Waals surface area (Å²) in [7, 11) is 0. The fraction of sp³-hybridized carbons (Fsp3) is 0.733. The zero-order valence-corrected chi connectivity index (χ0v) is 16.4. The minimum Gasteiger partial charge on any atom is -0.549 e. The summed E-state index contributed by atoms with van der Waals surface area (Å²) >= 11 is 0. The Morgan fingerprint density at radius 3 is 1.53 bits per heavy atom. The molecule has 0 amide bonds. The molecule has 0 aromatic rings. The van der Waals surface area contributed by atoms with Gasteiger partial charge in [-0.3, -0.25) is 0 Å². The Hall–Kier alpha value is 0.648. The first kappa shape index (κ1) is 26.3. The predicted molar refractivity (Wildman–Crippen MR) is 75.4 cm³/mol. The average molecular weight is 412 g/mol. The number of hydrogen-bond donors (Lipinski definition) is 0. The first-order chi connectivity index (χ1) is 5.63. The fourth-order valence-electron chi connectivity index (χ4n) is 1.93. The molecule has 0 bridgehead atoms. The van der Waals surface area contributed by atoms with Gasteiger partial charge in [0.25, 0.3) is 0 Å². The monoisotopic (exact) mass is 412 g/mol. The number of rotatable bonds is 0. The third-order valence-corrected chi connectivity index (χ3v) is 4.80. The molecule has 0 radical (unpaired) electrons. The SMILES string of the molecule is CC1O[CH-]C(C)(C)C(C)(C)C1(C)C.[CH3-].[CH3-].[CH3-].[W]. The molecule has 1 aliphatic heterocycles. The Kier molecular flexibility index (Phi) is 11.3. The van der Waals surface area contributed by atoms with E-state index in [0.717, 1.165) is 0 Å². The van der Waals surface area contributed by atoms with E-state index in [0.29, 0.717) is 6.10 Å². The summed E-state index contributed by atoms with van der Waals surface area (Å²) < 4.78 is 5.72. The molecular weight excluding hydrogens is 380 g/mol. The normalized spacial score (nSPS) is 27.4. The quantitative estimate of drug-likeness (QED) is 0.510. The molecule has 1 heterocycles. The summed E-state index contributed by atoms with van der Waals surface area (Å²) in [6.45, 7) is 17.9. The molecule has 1 fully saturated rings. The van der Waals surface area contributed by atoms with Crippen LogP contribution in [0.25, 0.3) is 0 Å². The van der Waals surface area contributed by atoms with E-state index in [-0.39, 0.29) is 59.6 Å². The van der Waals surface area contributed by atoms with Gasteiger partial charge in [0, 0.05) is 27.2 Å². The van der Waals surface area contributed by atoms with Crippen LogP contribution in [0.15, 0.2) is 0 Å². The molecule has 0 aromatic heterocycles. The maximum absolute atomic E-state index is 5.72. The summed E-state index contributed by atoms with van der Waals surface area (Å²) in [6.07, 6.45) is 0.301. The van der Waals surface area contributed by atoms with Crippen molar-refractivity contribution in [3.05, 3.63) is 28.9 Å². The second-order valence-corrected chi connectivity index (χ2v) is 5.96. The molecule has 2 heteroatoms. The van der Waals surface area contributed by atoms with Crippen LogP contribution in [0.1, 0.15) is 48.5 Å². The Morgan fingerprint density at radius 2 is 1.24 bits per heavy atom. The summed E-state index contributed by atoms with van der Waals surface area (Å²) in [4.78, 5) is 0. The minimum atomic E-state index is 0. The van der Waals surface area contributed by atoms with Crippen molar-refractivity contribution < 1.29 is 25.8 Å². The summed E-state index contributed by atoms with van der Waals surface area (Å²) in [5.41, 5.74) is 0.617. The Balaban J connectivity index is -0.000000211. The van der Waals surface area contributed by atoms with Crippen molar-refractivity contribution in [2.24, 2.45) is 16.2 Å². The van der Waals surface area contributed by atoms with Crippen molar-refractivity contribution in [3.63, 3.8) is 0 Å². The largest absolute Gasteiger partial charge is 0.549 e. The molecule has 0 N–H and O–H groups in total. The van der Waals surface area contributed by atoms with Crippen molar-refractivity contribution >= 4 is 0 Å². The molecule has 1 atom stereocenters. The molecule has 0 saturated carbocycles. The number of ether oxygens (including phenoxy) is 1. The molecule has 1 rings (SSSR count). The maximum Gasteiger partial charge on any atom is 0.0258 e. The topological polar surface area (TPSA) is 9.23 Å². The van der Waals surface area contributed by atoms with Crippen LogP contribution in [0.4, 0.5) is 0 Å². The van der Waals surface area contributed by atoms with Crippen LogP contribution in [0.2, 0.25) is 0 Å². The standard InChI is InChI=1S/C12H23O.3CH3.W/c1-9-11(4,5)12(6,7)10(2,3)8-13-9;;;;/h8-9H,1-7H3;3*1H3;/q4*-1;. The molecule has 1 unspecified atom stereocenters. The third kappa shape index (κ3) is 3.80. The van der Waals surface area contributed by atoms with Gasteiger partial charge >= 0.3 is 0 Å². The fourth-order valence-corrected chi connectivity index (χ4v) is 1.93. The first-order valence-corrected chi connectivity index (χ1v) is 5.13. The summed E-state index contributed by atoms with van der Waals surface area (Å²) in [5.74, 6) is 0. The van der Waals surface area contributed by atoms with Gasteiger partial charge in [-0.25, -0.2) is 6.61 Å². The van der Waals surface area contributed by atoms with Gasteiger partial charge in [-0.1, -0.05) is 41.5 Å². The third-order valence-electron chi connectivity index (χ3n) is 4.80. The van der Waals surface area contributed by atoms with Gasteiger partial charge in [0.1, 0.15) is 0 Å². The van der Waals surface area contributed by atoms with E-state index in [1.54, 1.807) is 0 Å². The zero-order chi connectivity index (χ0) is 10.5. The van der Waals surface area contributed by atoms with Gasteiger partial charge < -0.3 is 27.0 Å². The second kappa shape index (κ2) is 7.29.